The van der Waals surface area contributed by atoms with Crippen molar-refractivity contribution in [3.05, 3.63) is 29.3 Å². The molecule has 1 atom stereocenters. The van der Waals surface area contributed by atoms with E-state index in [0.717, 1.165) is 9.76 Å². The molecule has 0 aliphatic rings. The molecule has 0 radical (unpaired) electrons. The van der Waals surface area contributed by atoms with E-state index in [1.54, 1.807) is 0 Å². The van der Waals surface area contributed by atoms with Crippen LogP contribution in [0.15, 0.2) is 18.2 Å². The van der Waals surface area contributed by atoms with Gasteiger partial charge in [0.15, 0.2) is 8.56 Å². The minimum atomic E-state index is -1.46. The second-order valence-electron chi connectivity index (χ2n) is 2.97. The topological polar surface area (TPSA) is 20.2 Å². The lowest BCUT2D eigenvalue weighted by atomic mass is 10.1. The van der Waals surface area contributed by atoms with E-state index >= 15 is 0 Å². The Morgan fingerprint density at radius 3 is 2.45 bits per heavy atom. The fourth-order valence-corrected chi connectivity index (χ4v) is 4.35. The Hall–Kier alpha value is -0.386. The molecule has 0 spiro atoms. The lowest BCUT2D eigenvalue weighted by molar-refractivity contribution is 0.607. The van der Waals surface area contributed by atoms with E-state index in [-0.39, 0.29) is 0 Å². The average Bonchev–Trinajstić information content (AvgIpc) is 1.94. The molecule has 60 valence electrons. The van der Waals surface area contributed by atoms with Crippen LogP contribution in [0.3, 0.4) is 0 Å². The first-order chi connectivity index (χ1) is 5.13. The molecule has 1 nitrogen and oxygen atoms in total. The van der Waals surface area contributed by atoms with Crippen molar-refractivity contribution in [3.8, 4) is 0 Å². The van der Waals surface area contributed by atoms with Crippen molar-refractivity contribution >= 4 is 23.5 Å². The highest BCUT2D eigenvalue weighted by Crippen LogP contribution is 2.02. The highest BCUT2D eigenvalue weighted by molar-refractivity contribution is 7.06. The standard InChI is InChI=1S/C8H14OSi2/c1-6-4-3-5-8(7(6)2)11(9)10/h3-5,9,11H,1-2,10H3. The SMILES string of the molecule is Cc1cccc([SiH](O)[SiH3])c1C. The summed E-state index contributed by atoms with van der Waals surface area (Å²) >= 11 is 0. The minimum Gasteiger partial charge on any atom is -0.434 e. The minimum absolute atomic E-state index is 0.947. The molecule has 0 saturated heterocycles. The van der Waals surface area contributed by atoms with Gasteiger partial charge in [-0.1, -0.05) is 18.2 Å². The average molecular weight is 182 g/mol. The molecule has 0 aliphatic heterocycles. The summed E-state index contributed by atoms with van der Waals surface area (Å²) in [5.74, 6) is 0. The molecule has 3 heteroatoms. The Labute approximate surface area is 72.0 Å². The Morgan fingerprint density at radius 1 is 1.36 bits per heavy atom. The summed E-state index contributed by atoms with van der Waals surface area (Å²) < 4.78 is 0. The number of aryl methyl sites for hydroxylation is 1. The molecule has 0 amide bonds. The van der Waals surface area contributed by atoms with E-state index in [1.807, 2.05) is 6.07 Å². The maximum atomic E-state index is 9.53. The van der Waals surface area contributed by atoms with Crippen molar-refractivity contribution < 1.29 is 4.80 Å². The normalized spacial score (nSPS) is 13.4. The third kappa shape index (κ3) is 1.80. The van der Waals surface area contributed by atoms with Crippen LogP contribution in [0.2, 0.25) is 0 Å². The molecule has 0 bridgehead atoms. The van der Waals surface area contributed by atoms with Gasteiger partial charge in [-0.3, -0.25) is 0 Å². The summed E-state index contributed by atoms with van der Waals surface area (Å²) in [7, 11) is -0.510. The van der Waals surface area contributed by atoms with Crippen LogP contribution in [0.4, 0.5) is 0 Å². The van der Waals surface area contributed by atoms with Crippen molar-refractivity contribution in [1.29, 1.82) is 0 Å². The van der Waals surface area contributed by atoms with E-state index in [1.165, 1.54) is 16.3 Å². The van der Waals surface area contributed by atoms with Gasteiger partial charge in [-0.2, -0.15) is 0 Å². The Kier molecular flexibility index (Phi) is 2.64. The largest absolute Gasteiger partial charge is 0.434 e. The van der Waals surface area contributed by atoms with E-state index in [4.69, 9.17) is 0 Å². The van der Waals surface area contributed by atoms with Gasteiger partial charge in [0.05, 0.1) is 0 Å². The molecule has 1 aromatic rings. The second-order valence-corrected chi connectivity index (χ2v) is 8.22. The molecule has 1 aromatic carbocycles. The first-order valence-electron chi connectivity index (χ1n) is 3.87. The quantitative estimate of drug-likeness (QED) is 0.558. The third-order valence-corrected chi connectivity index (χ3v) is 5.49. The fraction of sp³-hybridized carbons (Fsp3) is 0.250. The summed E-state index contributed by atoms with van der Waals surface area (Å²) in [4.78, 5) is 9.53. The van der Waals surface area contributed by atoms with Crippen molar-refractivity contribution in [3.63, 3.8) is 0 Å². The van der Waals surface area contributed by atoms with Crippen LogP contribution >= 0.6 is 0 Å². The molecule has 0 heterocycles. The van der Waals surface area contributed by atoms with Gasteiger partial charge in [-0.25, -0.2) is 0 Å². The van der Waals surface area contributed by atoms with Gasteiger partial charge in [0.25, 0.3) is 0 Å². The Bertz CT molecular complexity index is 258. The third-order valence-electron chi connectivity index (χ3n) is 2.10. The lowest BCUT2D eigenvalue weighted by Gasteiger charge is -2.08. The molecular weight excluding hydrogens is 168 g/mol. The molecule has 0 aliphatic carbocycles. The van der Waals surface area contributed by atoms with Gasteiger partial charge in [0.2, 0.25) is 0 Å². The van der Waals surface area contributed by atoms with Gasteiger partial charge in [0, 0.05) is 9.76 Å². The molecule has 11 heavy (non-hydrogen) atoms. The highest BCUT2D eigenvalue weighted by Gasteiger charge is 2.06. The number of hydrogen-bond acceptors (Lipinski definition) is 1. The zero-order chi connectivity index (χ0) is 8.43. The Morgan fingerprint density at radius 2 is 2.00 bits per heavy atom. The smallest absolute Gasteiger partial charge is 0.179 e. The van der Waals surface area contributed by atoms with E-state index in [9.17, 15) is 4.80 Å². The molecule has 1 unspecified atom stereocenters. The summed E-state index contributed by atoms with van der Waals surface area (Å²) in [5.41, 5.74) is 2.59. The van der Waals surface area contributed by atoms with Crippen molar-refractivity contribution in [2.45, 2.75) is 13.8 Å². The van der Waals surface area contributed by atoms with Gasteiger partial charge in [-0.15, -0.1) is 0 Å². The van der Waals surface area contributed by atoms with Gasteiger partial charge in [-0.05, 0) is 30.2 Å². The summed E-state index contributed by atoms with van der Waals surface area (Å²) in [6.07, 6.45) is 0. The molecule has 0 aromatic heterocycles. The van der Waals surface area contributed by atoms with Gasteiger partial charge < -0.3 is 4.80 Å². The first-order valence-corrected chi connectivity index (χ1v) is 9.58. The lowest BCUT2D eigenvalue weighted by Crippen LogP contribution is -2.33. The van der Waals surface area contributed by atoms with Crippen LogP contribution in [0.25, 0.3) is 0 Å². The predicted octanol–water partition coefficient (Wildman–Crippen LogP) is -0.911. The van der Waals surface area contributed by atoms with E-state index < -0.39 is 8.56 Å². The maximum absolute atomic E-state index is 9.53. The van der Waals surface area contributed by atoms with Crippen LogP contribution < -0.4 is 5.19 Å². The highest BCUT2D eigenvalue weighted by atomic mass is 29.2. The van der Waals surface area contributed by atoms with Crippen LogP contribution in [0.5, 0.6) is 0 Å². The van der Waals surface area contributed by atoms with E-state index in [0.29, 0.717) is 0 Å². The number of benzene rings is 1. The Balaban J connectivity index is 3.17. The van der Waals surface area contributed by atoms with Crippen LogP contribution in [0, 0.1) is 13.8 Å². The van der Waals surface area contributed by atoms with E-state index in [2.05, 4.69) is 26.0 Å². The predicted molar refractivity (Wildman–Crippen MR) is 54.9 cm³/mol. The molecule has 0 fully saturated rings. The van der Waals surface area contributed by atoms with Crippen LogP contribution in [-0.4, -0.2) is 23.1 Å². The first kappa shape index (κ1) is 8.71. The summed E-state index contributed by atoms with van der Waals surface area (Å²) in [6.45, 7) is 4.19. The zero-order valence-corrected chi connectivity index (χ0v) is 10.4. The second kappa shape index (κ2) is 3.34. The molecule has 1 N–H and O–H groups in total. The zero-order valence-electron chi connectivity index (χ0n) is 7.26. The van der Waals surface area contributed by atoms with Gasteiger partial charge >= 0.3 is 0 Å². The monoisotopic (exact) mass is 182 g/mol. The molecule has 0 saturated carbocycles. The number of hydrogen-bond donors (Lipinski definition) is 1. The van der Waals surface area contributed by atoms with Crippen LogP contribution in [0.1, 0.15) is 11.1 Å². The van der Waals surface area contributed by atoms with Crippen molar-refractivity contribution in [1.82, 2.24) is 0 Å². The molecular formula is C8H14OSi2. The van der Waals surface area contributed by atoms with Crippen molar-refractivity contribution in [2.75, 3.05) is 0 Å². The van der Waals surface area contributed by atoms with Crippen LogP contribution in [-0.2, 0) is 0 Å². The summed E-state index contributed by atoms with van der Waals surface area (Å²) in [6, 6.07) is 6.19. The van der Waals surface area contributed by atoms with Gasteiger partial charge in [0.1, 0.15) is 0 Å². The number of rotatable bonds is 1. The summed E-state index contributed by atoms with van der Waals surface area (Å²) in [5, 5.41) is 1.23. The maximum Gasteiger partial charge on any atom is 0.179 e. The molecule has 1 rings (SSSR count). The fourth-order valence-electron chi connectivity index (χ4n) is 1.23. The van der Waals surface area contributed by atoms with Crippen molar-refractivity contribution in [2.24, 2.45) is 0 Å².